The van der Waals surface area contributed by atoms with Crippen LogP contribution in [0.2, 0.25) is 0 Å². The standard InChI is InChI=1S/C22H23N3O6/c1-29-16-5-2-14(3-6-16)8-9-25-21(27)17(24-22(25)28)13-20(26)23-15-4-7-18-19(12-15)31-11-10-30-18/h2-7,12,17H,8-11,13H2,1H3,(H,23,26)(H,24,28)/t17-/m0/s1. The number of nitrogens with zero attached hydrogens (tertiary/aromatic N) is 1. The van der Waals surface area contributed by atoms with Crippen LogP contribution in [0.5, 0.6) is 17.2 Å². The molecule has 9 heteroatoms. The first kappa shape index (κ1) is 20.5. The fourth-order valence-corrected chi connectivity index (χ4v) is 3.48. The normalized spacial score (nSPS) is 17.3. The Morgan fingerprint density at radius 1 is 1.13 bits per heavy atom. The summed E-state index contributed by atoms with van der Waals surface area (Å²) < 4.78 is 16.1. The molecule has 0 bridgehead atoms. The molecule has 9 nitrogen and oxygen atoms in total. The molecular weight excluding hydrogens is 402 g/mol. The van der Waals surface area contributed by atoms with Crippen molar-refractivity contribution in [2.24, 2.45) is 0 Å². The van der Waals surface area contributed by atoms with E-state index in [9.17, 15) is 14.4 Å². The Hall–Kier alpha value is -3.75. The van der Waals surface area contributed by atoms with Gasteiger partial charge in [-0.2, -0.15) is 0 Å². The Kier molecular flexibility index (Phi) is 5.92. The molecule has 2 aromatic carbocycles. The summed E-state index contributed by atoms with van der Waals surface area (Å²) in [6.45, 7) is 1.16. The van der Waals surface area contributed by atoms with Gasteiger partial charge in [-0.1, -0.05) is 12.1 Å². The molecule has 4 rings (SSSR count). The van der Waals surface area contributed by atoms with Crippen molar-refractivity contribution >= 4 is 23.5 Å². The maximum absolute atomic E-state index is 12.6. The van der Waals surface area contributed by atoms with E-state index in [1.807, 2.05) is 24.3 Å². The fourth-order valence-electron chi connectivity index (χ4n) is 3.48. The summed E-state index contributed by atoms with van der Waals surface area (Å²) in [5.74, 6) is 1.12. The fraction of sp³-hybridized carbons (Fsp3) is 0.318. The molecule has 0 aromatic heterocycles. The molecule has 2 N–H and O–H groups in total. The molecule has 0 spiro atoms. The molecule has 162 valence electrons. The molecule has 1 saturated heterocycles. The Balaban J connectivity index is 1.31. The number of nitrogens with one attached hydrogen (secondary N) is 2. The Bertz CT molecular complexity index is 991. The van der Waals surface area contributed by atoms with E-state index in [0.717, 1.165) is 16.2 Å². The molecule has 1 atom stereocenters. The second kappa shape index (κ2) is 8.95. The number of hydrogen-bond acceptors (Lipinski definition) is 6. The van der Waals surface area contributed by atoms with E-state index >= 15 is 0 Å². The lowest BCUT2D eigenvalue weighted by Gasteiger charge is -2.19. The number of methoxy groups -OCH3 is 1. The zero-order valence-electron chi connectivity index (χ0n) is 17.1. The number of rotatable bonds is 7. The minimum atomic E-state index is -0.888. The maximum atomic E-state index is 12.6. The van der Waals surface area contributed by atoms with Crippen molar-refractivity contribution in [3.8, 4) is 17.2 Å². The summed E-state index contributed by atoms with van der Waals surface area (Å²) >= 11 is 0. The van der Waals surface area contributed by atoms with E-state index in [2.05, 4.69) is 10.6 Å². The van der Waals surface area contributed by atoms with Crippen LogP contribution in [0, 0.1) is 0 Å². The lowest BCUT2D eigenvalue weighted by Crippen LogP contribution is -2.35. The monoisotopic (exact) mass is 425 g/mol. The van der Waals surface area contributed by atoms with Crippen LogP contribution in [-0.2, 0) is 16.0 Å². The Morgan fingerprint density at radius 3 is 2.61 bits per heavy atom. The zero-order valence-corrected chi connectivity index (χ0v) is 17.1. The lowest BCUT2D eigenvalue weighted by molar-refractivity contribution is -0.129. The first-order valence-electron chi connectivity index (χ1n) is 9.98. The largest absolute Gasteiger partial charge is 0.497 e. The molecule has 0 saturated carbocycles. The quantitative estimate of drug-likeness (QED) is 0.657. The third kappa shape index (κ3) is 4.71. The highest BCUT2D eigenvalue weighted by atomic mass is 16.6. The second-order valence-electron chi connectivity index (χ2n) is 7.20. The van der Waals surface area contributed by atoms with Gasteiger partial charge in [0, 0.05) is 18.3 Å². The number of anilines is 1. The highest BCUT2D eigenvalue weighted by Crippen LogP contribution is 2.32. The number of ether oxygens (including phenoxy) is 3. The van der Waals surface area contributed by atoms with Gasteiger partial charge in [0.15, 0.2) is 11.5 Å². The van der Waals surface area contributed by atoms with Crippen molar-refractivity contribution in [2.75, 3.05) is 32.2 Å². The van der Waals surface area contributed by atoms with E-state index in [1.165, 1.54) is 0 Å². The number of carbonyl (C=O) groups excluding carboxylic acids is 3. The molecular formula is C22H23N3O6. The molecule has 2 aromatic rings. The summed E-state index contributed by atoms with van der Waals surface area (Å²) in [6.07, 6.45) is 0.358. The van der Waals surface area contributed by atoms with Crippen LogP contribution >= 0.6 is 0 Å². The number of carbonyl (C=O) groups is 3. The average molecular weight is 425 g/mol. The molecule has 2 aliphatic rings. The van der Waals surface area contributed by atoms with E-state index < -0.39 is 18.0 Å². The SMILES string of the molecule is COc1ccc(CCN2C(=O)N[C@@H](CC(=O)Nc3ccc4c(c3)OCCO4)C2=O)cc1. The summed E-state index contributed by atoms with van der Waals surface area (Å²) in [5, 5.41) is 5.32. The van der Waals surface area contributed by atoms with Crippen LogP contribution in [0.3, 0.4) is 0 Å². The van der Waals surface area contributed by atoms with Gasteiger partial charge in [-0.25, -0.2) is 4.79 Å². The summed E-state index contributed by atoms with van der Waals surface area (Å²) in [7, 11) is 1.59. The van der Waals surface area contributed by atoms with E-state index in [1.54, 1.807) is 25.3 Å². The third-order valence-electron chi connectivity index (χ3n) is 5.11. The van der Waals surface area contributed by atoms with Crippen molar-refractivity contribution in [2.45, 2.75) is 18.9 Å². The average Bonchev–Trinajstić information content (AvgIpc) is 3.04. The van der Waals surface area contributed by atoms with Gasteiger partial charge in [0.2, 0.25) is 5.91 Å². The predicted octanol–water partition coefficient (Wildman–Crippen LogP) is 1.96. The van der Waals surface area contributed by atoms with Crippen molar-refractivity contribution in [3.05, 3.63) is 48.0 Å². The van der Waals surface area contributed by atoms with Crippen molar-refractivity contribution in [1.29, 1.82) is 0 Å². The second-order valence-corrected chi connectivity index (χ2v) is 7.20. The smallest absolute Gasteiger partial charge is 0.324 e. The van der Waals surface area contributed by atoms with Gasteiger partial charge in [0.05, 0.1) is 13.5 Å². The van der Waals surface area contributed by atoms with E-state index in [4.69, 9.17) is 14.2 Å². The summed E-state index contributed by atoms with van der Waals surface area (Å²) in [6, 6.07) is 11.1. The van der Waals surface area contributed by atoms with Crippen LogP contribution < -0.4 is 24.8 Å². The molecule has 4 amide bonds. The Labute approximate surface area is 179 Å². The number of imide groups is 1. The highest BCUT2D eigenvalue weighted by molar-refractivity contribution is 6.07. The van der Waals surface area contributed by atoms with Crippen LogP contribution in [0.4, 0.5) is 10.5 Å². The Morgan fingerprint density at radius 2 is 1.87 bits per heavy atom. The predicted molar refractivity (Wildman–Crippen MR) is 111 cm³/mol. The molecule has 0 aliphatic carbocycles. The number of urea groups is 1. The van der Waals surface area contributed by atoms with Crippen molar-refractivity contribution < 1.29 is 28.6 Å². The lowest BCUT2D eigenvalue weighted by atomic mass is 10.1. The van der Waals surface area contributed by atoms with Crippen molar-refractivity contribution in [3.63, 3.8) is 0 Å². The van der Waals surface area contributed by atoms with Crippen LogP contribution in [0.15, 0.2) is 42.5 Å². The van der Waals surface area contributed by atoms with Gasteiger partial charge in [0.25, 0.3) is 5.91 Å². The summed E-state index contributed by atoms with van der Waals surface area (Å²) in [5.41, 5.74) is 1.50. The van der Waals surface area contributed by atoms with Crippen LogP contribution in [-0.4, -0.2) is 55.7 Å². The minimum absolute atomic E-state index is 0.155. The molecule has 2 aliphatic heterocycles. The van der Waals surface area contributed by atoms with Gasteiger partial charge < -0.3 is 24.8 Å². The minimum Gasteiger partial charge on any atom is -0.497 e. The van der Waals surface area contributed by atoms with Gasteiger partial charge in [-0.05, 0) is 36.2 Å². The molecule has 1 fully saturated rings. The highest BCUT2D eigenvalue weighted by Gasteiger charge is 2.38. The van der Waals surface area contributed by atoms with Gasteiger partial charge in [-0.15, -0.1) is 0 Å². The van der Waals surface area contributed by atoms with E-state index in [-0.39, 0.29) is 18.9 Å². The van der Waals surface area contributed by atoms with Gasteiger partial charge in [0.1, 0.15) is 25.0 Å². The van der Waals surface area contributed by atoms with Crippen LogP contribution in [0.1, 0.15) is 12.0 Å². The summed E-state index contributed by atoms with van der Waals surface area (Å²) in [4.78, 5) is 38.4. The first-order chi connectivity index (χ1) is 15.0. The number of hydrogen-bond donors (Lipinski definition) is 2. The molecule has 31 heavy (non-hydrogen) atoms. The maximum Gasteiger partial charge on any atom is 0.324 e. The van der Waals surface area contributed by atoms with Crippen LogP contribution in [0.25, 0.3) is 0 Å². The first-order valence-corrected chi connectivity index (χ1v) is 9.98. The number of amides is 4. The molecule has 0 unspecified atom stereocenters. The van der Waals surface area contributed by atoms with Gasteiger partial charge in [-0.3, -0.25) is 14.5 Å². The molecule has 0 radical (unpaired) electrons. The van der Waals surface area contributed by atoms with E-state index in [0.29, 0.717) is 36.8 Å². The number of benzene rings is 2. The zero-order chi connectivity index (χ0) is 21.8. The van der Waals surface area contributed by atoms with Gasteiger partial charge >= 0.3 is 6.03 Å². The van der Waals surface area contributed by atoms with Crippen molar-refractivity contribution in [1.82, 2.24) is 10.2 Å². The number of fused-ring (bicyclic) bond motifs is 1. The third-order valence-corrected chi connectivity index (χ3v) is 5.11. The topological polar surface area (TPSA) is 106 Å². The molecule has 2 heterocycles.